The van der Waals surface area contributed by atoms with Gasteiger partial charge in [-0.25, -0.2) is 8.42 Å². The highest BCUT2D eigenvalue weighted by atomic mass is 35.5. The number of hydrogen-bond acceptors (Lipinski definition) is 3. The maximum Gasteiger partial charge on any atom is 0.248 e. The van der Waals surface area contributed by atoms with Gasteiger partial charge in [-0.3, -0.25) is 9.10 Å². The molecule has 2 aromatic rings. The molecule has 0 aliphatic rings. The fraction of sp³-hybridized carbons (Fsp3) is 0.316. The van der Waals surface area contributed by atoms with Crippen LogP contribution >= 0.6 is 23.2 Å². The summed E-state index contributed by atoms with van der Waals surface area (Å²) in [5, 5.41) is 3.33. The number of carbonyl (C=O) groups is 1. The van der Waals surface area contributed by atoms with E-state index in [0.717, 1.165) is 16.1 Å². The lowest BCUT2D eigenvalue weighted by Crippen LogP contribution is -2.45. The lowest BCUT2D eigenvalue weighted by molar-refractivity contribution is -0.116. The Bertz CT molecular complexity index is 946. The van der Waals surface area contributed by atoms with Gasteiger partial charge >= 0.3 is 0 Å². The van der Waals surface area contributed by atoms with Crippen molar-refractivity contribution < 1.29 is 13.2 Å². The molecule has 0 saturated carbocycles. The summed E-state index contributed by atoms with van der Waals surface area (Å²) < 4.78 is 25.8. The molecule has 0 radical (unpaired) electrons. The van der Waals surface area contributed by atoms with Crippen molar-refractivity contribution in [3.8, 4) is 0 Å². The number of halogens is 2. The first-order valence-electron chi connectivity index (χ1n) is 8.36. The molecule has 8 heteroatoms. The van der Waals surface area contributed by atoms with E-state index < -0.39 is 22.0 Å². The van der Waals surface area contributed by atoms with Crippen LogP contribution in [-0.2, 0) is 14.8 Å². The van der Waals surface area contributed by atoms with Crippen LogP contribution in [0.2, 0.25) is 10.0 Å². The summed E-state index contributed by atoms with van der Waals surface area (Å²) in [5.41, 5.74) is 1.77. The number of sulfonamides is 1. The molecule has 0 spiro atoms. The highest BCUT2D eigenvalue weighted by Gasteiger charge is 2.31. The summed E-state index contributed by atoms with van der Waals surface area (Å²) in [6, 6.07) is 10.9. The largest absolute Gasteiger partial charge is 0.324 e. The zero-order valence-electron chi connectivity index (χ0n) is 15.5. The molecule has 0 fully saturated rings. The number of hydrogen-bond donors (Lipinski definition) is 1. The first kappa shape index (κ1) is 21.5. The van der Waals surface area contributed by atoms with E-state index in [9.17, 15) is 13.2 Å². The fourth-order valence-electron chi connectivity index (χ4n) is 2.79. The van der Waals surface area contributed by atoms with Gasteiger partial charge in [0.25, 0.3) is 0 Å². The van der Waals surface area contributed by atoms with E-state index in [0.29, 0.717) is 10.7 Å². The zero-order chi connectivity index (χ0) is 20.4. The number of benzene rings is 2. The Hall–Kier alpha value is -1.76. The second-order valence-corrected chi connectivity index (χ2v) is 9.26. The Kier molecular flexibility index (Phi) is 6.78. The lowest BCUT2D eigenvalue weighted by atomic mass is 10.0. The third-order valence-electron chi connectivity index (χ3n) is 4.07. The van der Waals surface area contributed by atoms with Gasteiger partial charge in [0, 0.05) is 10.7 Å². The standard InChI is InChI=1S/C19H22Cl2N2O3S/c1-12(2)15-7-5-6-8-17(15)22-19(24)13(3)23(27(4,25)26)18-11-14(20)9-10-16(18)21/h5-13H,1-4H3,(H,22,24)/t13-/m0/s1. The van der Waals surface area contributed by atoms with E-state index in [2.05, 4.69) is 5.32 Å². The second-order valence-electron chi connectivity index (χ2n) is 6.56. The SMILES string of the molecule is CC(C)c1ccccc1NC(=O)[C@H](C)N(c1cc(Cl)ccc1Cl)S(C)(=O)=O. The van der Waals surface area contributed by atoms with Crippen LogP contribution in [0, 0.1) is 0 Å². The molecule has 2 aromatic carbocycles. The van der Waals surface area contributed by atoms with Crippen LogP contribution in [0.1, 0.15) is 32.3 Å². The number of carbonyl (C=O) groups excluding carboxylic acids is 1. The molecule has 2 rings (SSSR count). The summed E-state index contributed by atoms with van der Waals surface area (Å²) in [6.45, 7) is 5.54. The molecule has 1 amide bonds. The minimum Gasteiger partial charge on any atom is -0.324 e. The molecular weight excluding hydrogens is 407 g/mol. The summed E-state index contributed by atoms with van der Waals surface area (Å²) >= 11 is 12.2. The molecule has 0 aliphatic heterocycles. The minimum absolute atomic E-state index is 0.159. The van der Waals surface area contributed by atoms with E-state index in [1.54, 1.807) is 12.1 Å². The number of para-hydroxylation sites is 1. The summed E-state index contributed by atoms with van der Waals surface area (Å²) in [6.07, 6.45) is 1.02. The van der Waals surface area contributed by atoms with E-state index in [1.165, 1.54) is 19.1 Å². The van der Waals surface area contributed by atoms with E-state index in [-0.39, 0.29) is 16.6 Å². The van der Waals surface area contributed by atoms with E-state index in [4.69, 9.17) is 23.2 Å². The van der Waals surface area contributed by atoms with Gasteiger partial charge in [-0.2, -0.15) is 0 Å². The molecule has 1 N–H and O–H groups in total. The summed E-state index contributed by atoms with van der Waals surface area (Å²) in [5.74, 6) is -0.269. The van der Waals surface area contributed by atoms with Crippen molar-refractivity contribution in [2.24, 2.45) is 0 Å². The highest BCUT2D eigenvalue weighted by molar-refractivity contribution is 7.92. The van der Waals surface area contributed by atoms with Gasteiger partial charge < -0.3 is 5.32 Å². The highest BCUT2D eigenvalue weighted by Crippen LogP contribution is 2.32. The number of amides is 1. The van der Waals surface area contributed by atoms with Gasteiger partial charge in [0.05, 0.1) is 17.0 Å². The molecule has 0 bridgehead atoms. The van der Waals surface area contributed by atoms with Crippen LogP contribution in [0.5, 0.6) is 0 Å². The Morgan fingerprint density at radius 1 is 1.07 bits per heavy atom. The molecule has 0 heterocycles. The maximum atomic E-state index is 12.9. The van der Waals surface area contributed by atoms with Crippen molar-refractivity contribution in [3.63, 3.8) is 0 Å². The van der Waals surface area contributed by atoms with Crippen LogP contribution < -0.4 is 9.62 Å². The first-order valence-corrected chi connectivity index (χ1v) is 11.0. The molecule has 0 saturated heterocycles. The third kappa shape index (κ3) is 5.15. The van der Waals surface area contributed by atoms with Crippen molar-refractivity contribution in [1.29, 1.82) is 0 Å². The Morgan fingerprint density at radius 3 is 2.30 bits per heavy atom. The zero-order valence-corrected chi connectivity index (χ0v) is 17.9. The quantitative estimate of drug-likeness (QED) is 0.710. The van der Waals surface area contributed by atoms with Crippen molar-refractivity contribution >= 4 is 50.5 Å². The maximum absolute atomic E-state index is 12.9. The second kappa shape index (κ2) is 8.50. The van der Waals surface area contributed by atoms with Crippen LogP contribution in [0.3, 0.4) is 0 Å². The van der Waals surface area contributed by atoms with Gasteiger partial charge in [0.15, 0.2) is 0 Å². The van der Waals surface area contributed by atoms with Crippen molar-refractivity contribution in [1.82, 2.24) is 0 Å². The third-order valence-corrected chi connectivity index (χ3v) is 5.86. The monoisotopic (exact) mass is 428 g/mol. The van der Waals surface area contributed by atoms with Crippen molar-refractivity contribution in [3.05, 3.63) is 58.1 Å². The van der Waals surface area contributed by atoms with E-state index in [1.807, 2.05) is 32.0 Å². The van der Waals surface area contributed by atoms with Gasteiger partial charge in [0.2, 0.25) is 15.9 Å². The predicted octanol–water partition coefficient (Wildman–Crippen LogP) is 4.91. The van der Waals surface area contributed by atoms with Crippen LogP contribution in [0.15, 0.2) is 42.5 Å². The topological polar surface area (TPSA) is 66.5 Å². The molecule has 5 nitrogen and oxygen atoms in total. The number of anilines is 2. The average molecular weight is 429 g/mol. The van der Waals surface area contributed by atoms with Gasteiger partial charge in [-0.15, -0.1) is 0 Å². The fourth-order valence-corrected chi connectivity index (χ4v) is 4.39. The molecule has 1 atom stereocenters. The number of nitrogens with one attached hydrogen (secondary N) is 1. The molecule has 27 heavy (non-hydrogen) atoms. The smallest absolute Gasteiger partial charge is 0.248 e. The average Bonchev–Trinajstić information content (AvgIpc) is 2.57. The first-order chi connectivity index (χ1) is 12.5. The summed E-state index contributed by atoms with van der Waals surface area (Å²) in [7, 11) is -3.79. The Labute approximate surface area is 170 Å². The molecular formula is C19H22Cl2N2O3S. The predicted molar refractivity (Wildman–Crippen MR) is 112 cm³/mol. The molecule has 0 aromatic heterocycles. The van der Waals surface area contributed by atoms with E-state index >= 15 is 0 Å². The Morgan fingerprint density at radius 2 is 1.70 bits per heavy atom. The van der Waals surface area contributed by atoms with Crippen molar-refractivity contribution in [2.75, 3.05) is 15.9 Å². The number of rotatable bonds is 6. The van der Waals surface area contributed by atoms with Gasteiger partial charge in [0.1, 0.15) is 6.04 Å². The Balaban J connectivity index is 2.41. The molecule has 146 valence electrons. The van der Waals surface area contributed by atoms with Crippen LogP contribution in [0.25, 0.3) is 0 Å². The molecule has 0 unspecified atom stereocenters. The number of nitrogens with zero attached hydrogens (tertiary/aromatic N) is 1. The summed E-state index contributed by atoms with van der Waals surface area (Å²) in [4.78, 5) is 12.9. The normalized spacial score (nSPS) is 12.7. The van der Waals surface area contributed by atoms with Gasteiger partial charge in [-0.1, -0.05) is 55.2 Å². The van der Waals surface area contributed by atoms with Gasteiger partial charge in [-0.05, 0) is 42.7 Å². The lowest BCUT2D eigenvalue weighted by Gasteiger charge is -2.29. The van der Waals surface area contributed by atoms with Crippen LogP contribution in [-0.4, -0.2) is 26.6 Å². The van der Waals surface area contributed by atoms with Crippen molar-refractivity contribution in [2.45, 2.75) is 32.7 Å². The minimum atomic E-state index is -3.79. The molecule has 0 aliphatic carbocycles. The van der Waals surface area contributed by atoms with Crippen LogP contribution in [0.4, 0.5) is 11.4 Å².